The number of piperidine rings is 1. The minimum Gasteiger partial charge on any atom is -0.384 e. The van der Waals surface area contributed by atoms with Crippen LogP contribution in [0.15, 0.2) is 24.3 Å². The number of carbonyl (C=O) groups excluding carboxylic acids is 2. The molecule has 1 aromatic carbocycles. The second-order valence-corrected chi connectivity index (χ2v) is 6.06. The van der Waals surface area contributed by atoms with E-state index in [4.69, 9.17) is 0 Å². The topological polar surface area (TPSA) is 57.6 Å². The number of nitrogens with zero attached hydrogens (tertiary/aromatic N) is 1. The predicted octanol–water partition coefficient (Wildman–Crippen LogP) is 1.92. The number of halogens is 3. The van der Waals surface area contributed by atoms with Crippen LogP contribution in [0.3, 0.4) is 0 Å². The SMILES string of the molecule is CC(O)(CN1C(=O)C2CC2C1=O)c1cccc(C(F)(F)F)c1. The molecule has 0 radical (unpaired) electrons. The molecular weight excluding hydrogens is 299 g/mol. The van der Waals surface area contributed by atoms with E-state index < -0.39 is 17.3 Å². The Labute approximate surface area is 124 Å². The van der Waals surface area contributed by atoms with Crippen molar-refractivity contribution in [2.24, 2.45) is 11.8 Å². The van der Waals surface area contributed by atoms with Crippen molar-refractivity contribution in [3.8, 4) is 0 Å². The summed E-state index contributed by atoms with van der Waals surface area (Å²) in [6.07, 6.45) is -3.98. The van der Waals surface area contributed by atoms with E-state index in [0.29, 0.717) is 6.42 Å². The van der Waals surface area contributed by atoms with Gasteiger partial charge in [0.25, 0.3) is 0 Å². The number of amides is 2. The number of fused-ring (bicyclic) bond motifs is 1. The molecule has 0 spiro atoms. The van der Waals surface area contributed by atoms with Crippen LogP contribution >= 0.6 is 0 Å². The van der Waals surface area contributed by atoms with Gasteiger partial charge >= 0.3 is 6.18 Å². The molecule has 2 fully saturated rings. The zero-order valence-electron chi connectivity index (χ0n) is 11.7. The van der Waals surface area contributed by atoms with Gasteiger partial charge in [0, 0.05) is 0 Å². The van der Waals surface area contributed by atoms with E-state index in [9.17, 15) is 27.9 Å². The summed E-state index contributed by atoms with van der Waals surface area (Å²) >= 11 is 0. The van der Waals surface area contributed by atoms with Gasteiger partial charge in [0.2, 0.25) is 11.8 Å². The lowest BCUT2D eigenvalue weighted by molar-refractivity contribution is -0.145. The smallest absolute Gasteiger partial charge is 0.384 e. The second kappa shape index (κ2) is 4.55. The molecular formula is C15H14F3NO3. The normalized spacial score (nSPS) is 26.9. The Bertz CT molecular complexity index is 634. The highest BCUT2D eigenvalue weighted by atomic mass is 19.4. The molecule has 1 aliphatic heterocycles. The summed E-state index contributed by atoms with van der Waals surface area (Å²) in [5.41, 5.74) is -2.60. The van der Waals surface area contributed by atoms with Crippen LogP contribution < -0.4 is 0 Å². The largest absolute Gasteiger partial charge is 0.416 e. The van der Waals surface area contributed by atoms with Gasteiger partial charge in [0.15, 0.2) is 0 Å². The molecule has 2 aliphatic rings. The molecule has 1 N–H and O–H groups in total. The third kappa shape index (κ3) is 2.39. The lowest BCUT2D eigenvalue weighted by atomic mass is 9.93. The molecule has 1 saturated heterocycles. The molecule has 0 aromatic heterocycles. The fraction of sp³-hybridized carbons (Fsp3) is 0.467. The van der Waals surface area contributed by atoms with Crippen molar-refractivity contribution in [2.45, 2.75) is 25.1 Å². The number of aliphatic hydroxyl groups is 1. The third-order valence-corrected chi connectivity index (χ3v) is 4.23. The van der Waals surface area contributed by atoms with E-state index in [-0.39, 0.29) is 35.8 Å². The average Bonchev–Trinajstić information content (AvgIpc) is 3.19. The van der Waals surface area contributed by atoms with Crippen molar-refractivity contribution in [3.63, 3.8) is 0 Å². The molecule has 1 saturated carbocycles. The van der Waals surface area contributed by atoms with Crippen molar-refractivity contribution in [1.29, 1.82) is 0 Å². The Kier molecular flexibility index (Phi) is 3.11. The molecule has 3 rings (SSSR count). The molecule has 22 heavy (non-hydrogen) atoms. The van der Waals surface area contributed by atoms with Crippen molar-refractivity contribution >= 4 is 11.8 Å². The van der Waals surface area contributed by atoms with Crippen LogP contribution in [0, 0.1) is 11.8 Å². The quantitative estimate of drug-likeness (QED) is 0.867. The van der Waals surface area contributed by atoms with Crippen molar-refractivity contribution in [1.82, 2.24) is 4.90 Å². The molecule has 1 heterocycles. The molecule has 1 aliphatic carbocycles. The van der Waals surface area contributed by atoms with Gasteiger partial charge in [0.1, 0.15) is 5.60 Å². The van der Waals surface area contributed by atoms with Crippen LogP contribution in [-0.2, 0) is 21.4 Å². The summed E-state index contributed by atoms with van der Waals surface area (Å²) in [6.45, 7) is 0.964. The summed E-state index contributed by atoms with van der Waals surface area (Å²) in [5, 5.41) is 10.5. The van der Waals surface area contributed by atoms with Crippen molar-refractivity contribution in [3.05, 3.63) is 35.4 Å². The molecule has 118 valence electrons. The van der Waals surface area contributed by atoms with Gasteiger partial charge in [-0.05, 0) is 31.0 Å². The lowest BCUT2D eigenvalue weighted by Crippen LogP contribution is -2.43. The minimum atomic E-state index is -4.52. The van der Waals surface area contributed by atoms with Crippen LogP contribution in [0.25, 0.3) is 0 Å². The van der Waals surface area contributed by atoms with Gasteiger partial charge < -0.3 is 5.11 Å². The van der Waals surface area contributed by atoms with E-state index in [1.807, 2.05) is 0 Å². The third-order valence-electron chi connectivity index (χ3n) is 4.23. The second-order valence-electron chi connectivity index (χ2n) is 6.06. The van der Waals surface area contributed by atoms with Gasteiger partial charge in [-0.15, -0.1) is 0 Å². The number of hydrogen-bond acceptors (Lipinski definition) is 3. The number of hydrogen-bond donors (Lipinski definition) is 1. The first-order valence-corrected chi connectivity index (χ1v) is 6.86. The van der Waals surface area contributed by atoms with Gasteiger partial charge in [0.05, 0.1) is 23.9 Å². The van der Waals surface area contributed by atoms with Crippen molar-refractivity contribution < 1.29 is 27.9 Å². The van der Waals surface area contributed by atoms with Crippen LogP contribution in [0.5, 0.6) is 0 Å². The van der Waals surface area contributed by atoms with Gasteiger partial charge in [-0.1, -0.05) is 12.1 Å². The highest BCUT2D eigenvalue weighted by Crippen LogP contribution is 2.47. The van der Waals surface area contributed by atoms with Crippen LogP contribution in [-0.4, -0.2) is 28.4 Å². The van der Waals surface area contributed by atoms with E-state index in [2.05, 4.69) is 0 Å². The van der Waals surface area contributed by atoms with E-state index in [1.54, 1.807) is 0 Å². The average molecular weight is 313 g/mol. The van der Waals surface area contributed by atoms with Crippen LogP contribution in [0.4, 0.5) is 13.2 Å². The first kappa shape index (κ1) is 15.0. The van der Waals surface area contributed by atoms with E-state index in [0.717, 1.165) is 17.0 Å². The van der Waals surface area contributed by atoms with Gasteiger partial charge in [-0.3, -0.25) is 14.5 Å². The molecule has 3 unspecified atom stereocenters. The standard InChI is InChI=1S/C15H14F3NO3/c1-14(22,7-19-12(20)10-6-11(10)13(19)21)8-3-2-4-9(5-8)15(16,17)18/h2-5,10-11,22H,6-7H2,1H3. The number of β-amino-alcohol motifs (C(OH)–C–C–N with tert-alkyl or cyclic N) is 1. The zero-order chi connectivity index (χ0) is 16.3. The monoisotopic (exact) mass is 313 g/mol. The van der Waals surface area contributed by atoms with Crippen LogP contribution in [0.1, 0.15) is 24.5 Å². The van der Waals surface area contributed by atoms with Gasteiger partial charge in [-0.25, -0.2) is 0 Å². The summed E-state index contributed by atoms with van der Waals surface area (Å²) in [6, 6.07) is 4.28. The fourth-order valence-corrected chi connectivity index (χ4v) is 2.84. The molecule has 2 amide bonds. The van der Waals surface area contributed by atoms with E-state index >= 15 is 0 Å². The molecule has 4 nitrogen and oxygen atoms in total. The summed E-state index contributed by atoms with van der Waals surface area (Å²) < 4.78 is 38.2. The van der Waals surface area contributed by atoms with Crippen molar-refractivity contribution in [2.75, 3.05) is 6.54 Å². The first-order chi connectivity index (χ1) is 10.1. The minimum absolute atomic E-state index is 0.0171. The zero-order valence-corrected chi connectivity index (χ0v) is 11.7. The molecule has 0 bridgehead atoms. The number of alkyl halides is 3. The predicted molar refractivity (Wildman–Crippen MR) is 69.3 cm³/mol. The number of benzene rings is 1. The number of likely N-dealkylation sites (tertiary alicyclic amines) is 1. The van der Waals surface area contributed by atoms with Gasteiger partial charge in [-0.2, -0.15) is 13.2 Å². The summed E-state index contributed by atoms with van der Waals surface area (Å²) in [5.74, 6) is -1.29. The summed E-state index contributed by atoms with van der Waals surface area (Å²) in [7, 11) is 0. The highest BCUT2D eigenvalue weighted by molar-refractivity contribution is 6.08. The fourth-order valence-electron chi connectivity index (χ4n) is 2.84. The Morgan fingerprint density at radius 2 is 1.73 bits per heavy atom. The maximum absolute atomic E-state index is 12.7. The maximum Gasteiger partial charge on any atom is 0.416 e. The summed E-state index contributed by atoms with van der Waals surface area (Å²) in [4.78, 5) is 24.8. The number of imide groups is 1. The number of carbonyl (C=O) groups is 2. The highest BCUT2D eigenvalue weighted by Gasteiger charge is 2.59. The first-order valence-electron chi connectivity index (χ1n) is 6.86. The maximum atomic E-state index is 12.7. The molecule has 3 atom stereocenters. The number of rotatable bonds is 3. The lowest BCUT2D eigenvalue weighted by Gasteiger charge is -2.29. The molecule has 7 heteroatoms. The van der Waals surface area contributed by atoms with Crippen LogP contribution in [0.2, 0.25) is 0 Å². The molecule has 1 aromatic rings. The Hall–Kier alpha value is -1.89. The Morgan fingerprint density at radius 1 is 1.18 bits per heavy atom. The Morgan fingerprint density at radius 3 is 2.27 bits per heavy atom. The Balaban J connectivity index is 1.84. The van der Waals surface area contributed by atoms with E-state index in [1.165, 1.54) is 19.1 Å².